The van der Waals surface area contributed by atoms with Gasteiger partial charge in [-0.05, 0) is 37.8 Å². The number of alkyl halides is 3. The number of halogens is 3. The van der Waals surface area contributed by atoms with Crippen LogP contribution in [0.25, 0.3) is 0 Å². The fourth-order valence-corrected chi connectivity index (χ4v) is 2.79. The van der Waals surface area contributed by atoms with Crippen LogP contribution in [-0.4, -0.2) is 35.4 Å². The SMILES string of the molecule is O=C(O)C(F)(F)F.c1ccc(OC2C[C@H]3CC[C@@H](C2)N3)cc1. The lowest BCUT2D eigenvalue weighted by atomic mass is 10.0. The van der Waals surface area contributed by atoms with Crippen molar-refractivity contribution < 1.29 is 27.8 Å². The number of nitrogens with one attached hydrogen (secondary N) is 1. The molecule has 1 unspecified atom stereocenters. The van der Waals surface area contributed by atoms with E-state index in [0.29, 0.717) is 18.2 Å². The second-order valence-electron chi connectivity index (χ2n) is 5.47. The average Bonchev–Trinajstić information content (AvgIpc) is 2.79. The van der Waals surface area contributed by atoms with Gasteiger partial charge in [-0.3, -0.25) is 0 Å². The number of hydrogen-bond acceptors (Lipinski definition) is 3. The highest BCUT2D eigenvalue weighted by atomic mass is 19.4. The molecule has 3 rings (SSSR count). The Labute approximate surface area is 126 Å². The molecule has 0 spiro atoms. The molecule has 2 bridgehead atoms. The van der Waals surface area contributed by atoms with Crippen molar-refractivity contribution in [2.24, 2.45) is 0 Å². The summed E-state index contributed by atoms with van der Waals surface area (Å²) in [4.78, 5) is 8.90. The number of rotatable bonds is 2. The van der Waals surface area contributed by atoms with E-state index in [2.05, 4.69) is 5.32 Å². The molecule has 1 aromatic rings. The van der Waals surface area contributed by atoms with Gasteiger partial charge >= 0.3 is 12.1 Å². The minimum absolute atomic E-state index is 0.422. The van der Waals surface area contributed by atoms with Gasteiger partial charge < -0.3 is 15.2 Å². The van der Waals surface area contributed by atoms with Gasteiger partial charge in [-0.25, -0.2) is 4.79 Å². The third kappa shape index (κ3) is 4.91. The lowest BCUT2D eigenvalue weighted by Gasteiger charge is -2.29. The molecule has 2 aliphatic rings. The van der Waals surface area contributed by atoms with Gasteiger partial charge in [0.1, 0.15) is 11.9 Å². The zero-order chi connectivity index (χ0) is 16.2. The number of carboxylic acid groups (broad SMARTS) is 1. The molecule has 2 N–H and O–H groups in total. The van der Waals surface area contributed by atoms with Crippen LogP contribution < -0.4 is 10.1 Å². The quantitative estimate of drug-likeness (QED) is 0.880. The molecule has 0 amide bonds. The summed E-state index contributed by atoms with van der Waals surface area (Å²) in [5.74, 6) is -1.74. The Balaban J connectivity index is 0.000000217. The van der Waals surface area contributed by atoms with Gasteiger partial charge in [0, 0.05) is 12.1 Å². The third-order valence-corrected chi connectivity index (χ3v) is 3.72. The third-order valence-electron chi connectivity index (χ3n) is 3.72. The maximum Gasteiger partial charge on any atom is 0.490 e. The van der Waals surface area contributed by atoms with Crippen molar-refractivity contribution in [3.63, 3.8) is 0 Å². The number of aliphatic carboxylic acids is 1. The maximum absolute atomic E-state index is 10.6. The minimum Gasteiger partial charge on any atom is -0.490 e. The van der Waals surface area contributed by atoms with Crippen molar-refractivity contribution in [2.45, 2.75) is 50.0 Å². The van der Waals surface area contributed by atoms with E-state index in [9.17, 15) is 13.2 Å². The molecule has 0 aliphatic carbocycles. The monoisotopic (exact) mass is 317 g/mol. The Kier molecular flexibility index (Phi) is 5.28. The number of hydrogen-bond donors (Lipinski definition) is 2. The molecule has 0 radical (unpaired) electrons. The molecule has 4 nitrogen and oxygen atoms in total. The first-order chi connectivity index (χ1) is 10.3. The van der Waals surface area contributed by atoms with E-state index < -0.39 is 12.1 Å². The second kappa shape index (κ2) is 7.00. The highest BCUT2D eigenvalue weighted by molar-refractivity contribution is 5.73. The van der Waals surface area contributed by atoms with Crippen molar-refractivity contribution in [3.05, 3.63) is 30.3 Å². The van der Waals surface area contributed by atoms with Crippen molar-refractivity contribution >= 4 is 5.97 Å². The smallest absolute Gasteiger partial charge is 0.490 e. The Morgan fingerprint density at radius 1 is 1.14 bits per heavy atom. The van der Waals surface area contributed by atoms with Crippen LogP contribution in [0.15, 0.2) is 30.3 Å². The van der Waals surface area contributed by atoms with Crippen LogP contribution in [0.3, 0.4) is 0 Å². The number of carboxylic acids is 1. The van der Waals surface area contributed by atoms with Gasteiger partial charge in [0.15, 0.2) is 0 Å². The molecule has 2 fully saturated rings. The van der Waals surface area contributed by atoms with E-state index in [1.165, 1.54) is 25.7 Å². The second-order valence-corrected chi connectivity index (χ2v) is 5.47. The molecule has 1 aromatic carbocycles. The Morgan fingerprint density at radius 3 is 2.09 bits per heavy atom. The molecule has 2 aliphatic heterocycles. The summed E-state index contributed by atoms with van der Waals surface area (Å²) in [7, 11) is 0. The molecule has 2 saturated heterocycles. The largest absolute Gasteiger partial charge is 0.490 e. The highest BCUT2D eigenvalue weighted by Gasteiger charge is 2.38. The van der Waals surface area contributed by atoms with Crippen LogP contribution in [0.2, 0.25) is 0 Å². The van der Waals surface area contributed by atoms with Crippen molar-refractivity contribution in [1.29, 1.82) is 0 Å². The summed E-state index contributed by atoms with van der Waals surface area (Å²) in [6, 6.07) is 11.6. The van der Waals surface area contributed by atoms with Gasteiger partial charge in [-0.15, -0.1) is 0 Å². The fraction of sp³-hybridized carbons (Fsp3) is 0.533. The minimum atomic E-state index is -5.08. The molecular weight excluding hydrogens is 299 g/mol. The van der Waals surface area contributed by atoms with Crippen molar-refractivity contribution in [3.8, 4) is 5.75 Å². The highest BCUT2D eigenvalue weighted by Crippen LogP contribution is 2.29. The summed E-state index contributed by atoms with van der Waals surface area (Å²) >= 11 is 0. The van der Waals surface area contributed by atoms with Gasteiger partial charge in [0.05, 0.1) is 0 Å². The number of para-hydroxylation sites is 1. The summed E-state index contributed by atoms with van der Waals surface area (Å²) in [5.41, 5.74) is 0. The first kappa shape index (κ1) is 16.6. The van der Waals surface area contributed by atoms with E-state index in [1.54, 1.807) is 0 Å². The van der Waals surface area contributed by atoms with Crippen LogP contribution in [0.5, 0.6) is 5.75 Å². The molecule has 2 heterocycles. The first-order valence-electron chi connectivity index (χ1n) is 7.12. The fourth-order valence-electron chi connectivity index (χ4n) is 2.79. The summed E-state index contributed by atoms with van der Waals surface area (Å²) < 4.78 is 37.7. The summed E-state index contributed by atoms with van der Waals surface area (Å²) in [6.07, 6.45) is 0.348. The topological polar surface area (TPSA) is 58.6 Å². The van der Waals surface area contributed by atoms with Crippen LogP contribution in [0, 0.1) is 0 Å². The summed E-state index contributed by atoms with van der Waals surface area (Å²) in [5, 5.41) is 10.8. The number of fused-ring (bicyclic) bond motifs is 2. The van der Waals surface area contributed by atoms with Crippen LogP contribution in [-0.2, 0) is 4.79 Å². The van der Waals surface area contributed by atoms with Gasteiger partial charge in [-0.2, -0.15) is 13.2 Å². The Bertz CT molecular complexity index is 481. The van der Waals surface area contributed by atoms with Crippen LogP contribution in [0.1, 0.15) is 25.7 Å². The van der Waals surface area contributed by atoms with Gasteiger partial charge in [0.25, 0.3) is 0 Å². The number of carbonyl (C=O) groups is 1. The molecule has 0 saturated carbocycles. The lowest BCUT2D eigenvalue weighted by molar-refractivity contribution is -0.192. The number of ether oxygens (including phenoxy) is 1. The van der Waals surface area contributed by atoms with Crippen LogP contribution >= 0.6 is 0 Å². The van der Waals surface area contributed by atoms with Crippen molar-refractivity contribution in [1.82, 2.24) is 5.32 Å². The molecule has 7 heteroatoms. The van der Waals surface area contributed by atoms with E-state index in [0.717, 1.165) is 5.75 Å². The van der Waals surface area contributed by atoms with Crippen LogP contribution in [0.4, 0.5) is 13.2 Å². The van der Waals surface area contributed by atoms with Gasteiger partial charge in [-0.1, -0.05) is 18.2 Å². The van der Waals surface area contributed by atoms with Crippen molar-refractivity contribution in [2.75, 3.05) is 0 Å². The predicted octanol–water partition coefficient (Wildman–Crippen LogP) is 2.98. The Morgan fingerprint density at radius 2 is 1.64 bits per heavy atom. The first-order valence-corrected chi connectivity index (χ1v) is 7.12. The van der Waals surface area contributed by atoms with E-state index >= 15 is 0 Å². The van der Waals surface area contributed by atoms with Gasteiger partial charge in [0.2, 0.25) is 0 Å². The van der Waals surface area contributed by atoms with E-state index in [-0.39, 0.29) is 0 Å². The number of piperidine rings is 1. The zero-order valence-corrected chi connectivity index (χ0v) is 11.8. The maximum atomic E-state index is 10.6. The zero-order valence-electron chi connectivity index (χ0n) is 11.8. The molecule has 22 heavy (non-hydrogen) atoms. The molecule has 122 valence electrons. The van der Waals surface area contributed by atoms with E-state index in [1.807, 2.05) is 30.3 Å². The molecule has 0 aromatic heterocycles. The molecular formula is C15H18F3NO3. The normalized spacial score (nSPS) is 26.8. The predicted molar refractivity (Wildman–Crippen MR) is 73.7 cm³/mol. The molecule has 3 atom stereocenters. The standard InChI is InChI=1S/C13H17NO.C2HF3O2/c1-2-4-12(5-3-1)15-13-8-10-6-7-11(9-13)14-10;3-2(4,5)1(6)7/h1-5,10-11,13-14H,6-9H2;(H,6,7)/t10-,11+,13?;. The lowest BCUT2D eigenvalue weighted by Crippen LogP contribution is -2.42. The number of benzene rings is 1. The average molecular weight is 317 g/mol. The Hall–Kier alpha value is -1.76. The summed E-state index contributed by atoms with van der Waals surface area (Å²) in [6.45, 7) is 0. The van der Waals surface area contributed by atoms with E-state index in [4.69, 9.17) is 14.6 Å².